The summed E-state index contributed by atoms with van der Waals surface area (Å²) < 4.78 is 13.0. The average molecular weight is 362 g/mol. The van der Waals surface area contributed by atoms with Crippen LogP contribution in [0.5, 0.6) is 0 Å². The van der Waals surface area contributed by atoms with Gasteiger partial charge in [-0.1, -0.05) is 6.42 Å². The molecule has 2 aliphatic heterocycles. The van der Waals surface area contributed by atoms with Gasteiger partial charge in [-0.25, -0.2) is 9.18 Å². The van der Waals surface area contributed by atoms with Gasteiger partial charge in [0, 0.05) is 37.9 Å². The number of halogens is 1. The van der Waals surface area contributed by atoms with Crippen molar-refractivity contribution in [1.29, 1.82) is 0 Å². The number of anilines is 1. The molecule has 26 heavy (non-hydrogen) atoms. The molecule has 1 aromatic carbocycles. The van der Waals surface area contributed by atoms with Gasteiger partial charge >= 0.3 is 6.03 Å². The van der Waals surface area contributed by atoms with Crippen molar-refractivity contribution in [2.24, 2.45) is 5.92 Å². The number of hydrogen-bond donors (Lipinski definition) is 2. The highest BCUT2D eigenvalue weighted by Crippen LogP contribution is 2.23. The van der Waals surface area contributed by atoms with E-state index >= 15 is 0 Å². The van der Waals surface area contributed by atoms with E-state index in [0.717, 1.165) is 38.3 Å². The van der Waals surface area contributed by atoms with Crippen LogP contribution < -0.4 is 15.5 Å². The zero-order valence-corrected chi connectivity index (χ0v) is 15.7. The van der Waals surface area contributed by atoms with Gasteiger partial charge < -0.3 is 15.5 Å². The molecule has 1 aromatic rings. The van der Waals surface area contributed by atoms with Crippen LogP contribution in [-0.4, -0.2) is 56.2 Å². The molecule has 2 N–H and O–H groups in total. The lowest BCUT2D eigenvalue weighted by Gasteiger charge is -2.32. The van der Waals surface area contributed by atoms with Crippen LogP contribution in [0.3, 0.4) is 0 Å². The van der Waals surface area contributed by atoms with Crippen molar-refractivity contribution in [1.82, 2.24) is 15.5 Å². The normalized spacial score (nSPS) is 22.2. The summed E-state index contributed by atoms with van der Waals surface area (Å²) in [4.78, 5) is 16.8. The first-order valence-corrected chi connectivity index (χ1v) is 9.88. The lowest BCUT2D eigenvalue weighted by Crippen LogP contribution is -2.47. The molecule has 0 saturated carbocycles. The van der Waals surface area contributed by atoms with E-state index in [1.807, 2.05) is 12.1 Å². The highest BCUT2D eigenvalue weighted by atomic mass is 19.1. The summed E-state index contributed by atoms with van der Waals surface area (Å²) >= 11 is 0. The van der Waals surface area contributed by atoms with Crippen LogP contribution in [-0.2, 0) is 0 Å². The van der Waals surface area contributed by atoms with Crippen LogP contribution in [0.1, 0.15) is 32.6 Å². The van der Waals surface area contributed by atoms with E-state index in [1.165, 1.54) is 31.4 Å². The number of urea groups is 1. The molecule has 0 aliphatic carbocycles. The number of benzene rings is 1. The van der Waals surface area contributed by atoms with Crippen LogP contribution in [0.25, 0.3) is 0 Å². The van der Waals surface area contributed by atoms with Gasteiger partial charge in [-0.3, -0.25) is 4.90 Å². The lowest BCUT2D eigenvalue weighted by molar-refractivity contribution is 0.170. The van der Waals surface area contributed by atoms with E-state index in [9.17, 15) is 9.18 Å². The molecule has 144 valence electrons. The third-order valence-electron chi connectivity index (χ3n) is 5.60. The fourth-order valence-corrected chi connectivity index (χ4v) is 3.91. The molecule has 2 saturated heterocycles. The van der Waals surface area contributed by atoms with Gasteiger partial charge in [-0.2, -0.15) is 0 Å². The summed E-state index contributed by atoms with van der Waals surface area (Å²) in [6, 6.07) is 6.95. The Bertz CT molecular complexity index is 574. The second kappa shape index (κ2) is 9.21. The van der Waals surface area contributed by atoms with Crippen LogP contribution in [0.15, 0.2) is 24.3 Å². The SMILES string of the molecule is C[C@H](CNC(=O)NC[C@H]1CCN(c2ccc(F)cc2)C1)N1CCCCC1. The predicted molar refractivity (Wildman–Crippen MR) is 103 cm³/mol. The monoisotopic (exact) mass is 362 g/mol. The third kappa shape index (κ3) is 5.34. The molecule has 0 aromatic heterocycles. The number of nitrogens with zero attached hydrogens (tertiary/aromatic N) is 2. The standard InChI is InChI=1S/C20H31FN4O/c1-16(24-10-3-2-4-11-24)13-22-20(26)23-14-17-9-12-25(15-17)19-7-5-18(21)6-8-19/h5-8,16-17H,2-4,9-15H2,1H3,(H2,22,23,26)/t16-,17-/m1/s1. The number of carbonyl (C=O) groups is 1. The summed E-state index contributed by atoms with van der Waals surface area (Å²) in [5.74, 6) is 0.229. The van der Waals surface area contributed by atoms with Gasteiger partial charge in [0.15, 0.2) is 0 Å². The van der Waals surface area contributed by atoms with Crippen LogP contribution in [0.4, 0.5) is 14.9 Å². The summed E-state index contributed by atoms with van der Waals surface area (Å²) in [6.45, 7) is 7.70. The summed E-state index contributed by atoms with van der Waals surface area (Å²) in [5, 5.41) is 6.01. The molecule has 5 nitrogen and oxygen atoms in total. The van der Waals surface area contributed by atoms with Gasteiger partial charge in [0.25, 0.3) is 0 Å². The van der Waals surface area contributed by atoms with Crippen LogP contribution in [0.2, 0.25) is 0 Å². The Morgan fingerprint density at radius 1 is 1.15 bits per heavy atom. The predicted octanol–water partition coefficient (Wildman–Crippen LogP) is 2.83. The number of amides is 2. The number of hydrogen-bond acceptors (Lipinski definition) is 3. The van der Waals surface area contributed by atoms with Crippen molar-refractivity contribution in [3.63, 3.8) is 0 Å². The molecule has 2 atom stereocenters. The summed E-state index contributed by atoms with van der Waals surface area (Å²) in [6.07, 6.45) is 4.90. The largest absolute Gasteiger partial charge is 0.371 e. The smallest absolute Gasteiger partial charge is 0.314 e. The van der Waals surface area contributed by atoms with E-state index in [1.54, 1.807) is 0 Å². The Morgan fingerprint density at radius 3 is 2.62 bits per heavy atom. The van der Waals surface area contributed by atoms with Crippen molar-refractivity contribution in [3.8, 4) is 0 Å². The molecular formula is C20H31FN4O. The quantitative estimate of drug-likeness (QED) is 0.818. The van der Waals surface area contributed by atoms with Crippen molar-refractivity contribution < 1.29 is 9.18 Å². The zero-order chi connectivity index (χ0) is 18.4. The third-order valence-corrected chi connectivity index (χ3v) is 5.60. The van der Waals surface area contributed by atoms with E-state index in [4.69, 9.17) is 0 Å². The number of rotatable bonds is 6. The second-order valence-electron chi connectivity index (χ2n) is 7.61. The van der Waals surface area contributed by atoms with Gasteiger partial charge in [-0.15, -0.1) is 0 Å². The zero-order valence-electron chi connectivity index (χ0n) is 15.7. The molecule has 2 heterocycles. The Morgan fingerprint density at radius 2 is 1.88 bits per heavy atom. The fraction of sp³-hybridized carbons (Fsp3) is 0.650. The molecule has 2 fully saturated rings. The molecular weight excluding hydrogens is 331 g/mol. The van der Waals surface area contributed by atoms with E-state index < -0.39 is 0 Å². The fourth-order valence-electron chi connectivity index (χ4n) is 3.91. The number of carbonyl (C=O) groups excluding carboxylic acids is 1. The van der Waals surface area contributed by atoms with E-state index in [2.05, 4.69) is 27.4 Å². The first-order valence-electron chi connectivity index (χ1n) is 9.88. The minimum atomic E-state index is -0.207. The summed E-state index contributed by atoms with van der Waals surface area (Å²) in [7, 11) is 0. The lowest BCUT2D eigenvalue weighted by atomic mass is 10.1. The van der Waals surface area contributed by atoms with Crippen LogP contribution in [0, 0.1) is 11.7 Å². The Balaban J connectivity index is 1.34. The number of likely N-dealkylation sites (tertiary alicyclic amines) is 1. The minimum absolute atomic E-state index is 0.0749. The van der Waals surface area contributed by atoms with Crippen LogP contribution >= 0.6 is 0 Å². The van der Waals surface area contributed by atoms with Gasteiger partial charge in [0.1, 0.15) is 5.82 Å². The summed E-state index contributed by atoms with van der Waals surface area (Å²) in [5.41, 5.74) is 1.05. The van der Waals surface area contributed by atoms with Crippen molar-refractivity contribution in [2.45, 2.75) is 38.6 Å². The molecule has 0 radical (unpaired) electrons. The highest BCUT2D eigenvalue weighted by Gasteiger charge is 2.23. The Hall–Kier alpha value is -1.82. The Kier molecular flexibility index (Phi) is 6.72. The molecule has 2 amide bonds. The van der Waals surface area contributed by atoms with Crippen molar-refractivity contribution in [2.75, 3.05) is 44.2 Å². The molecule has 2 aliphatic rings. The first-order chi connectivity index (χ1) is 12.6. The van der Waals surface area contributed by atoms with Gasteiger partial charge in [0.05, 0.1) is 0 Å². The minimum Gasteiger partial charge on any atom is -0.371 e. The van der Waals surface area contributed by atoms with Gasteiger partial charge in [0.2, 0.25) is 0 Å². The average Bonchev–Trinajstić information content (AvgIpc) is 3.14. The Labute approximate surface area is 155 Å². The van der Waals surface area contributed by atoms with E-state index in [0.29, 0.717) is 25.0 Å². The molecule has 6 heteroatoms. The maximum absolute atomic E-state index is 13.0. The number of piperidine rings is 1. The van der Waals surface area contributed by atoms with Gasteiger partial charge in [-0.05, 0) is 69.5 Å². The molecule has 0 spiro atoms. The van der Waals surface area contributed by atoms with Crippen molar-refractivity contribution >= 4 is 11.7 Å². The maximum Gasteiger partial charge on any atom is 0.314 e. The van der Waals surface area contributed by atoms with E-state index in [-0.39, 0.29) is 11.8 Å². The second-order valence-corrected chi connectivity index (χ2v) is 7.61. The maximum atomic E-state index is 13.0. The first kappa shape index (κ1) is 19.0. The topological polar surface area (TPSA) is 47.6 Å². The molecule has 3 rings (SSSR count). The highest BCUT2D eigenvalue weighted by molar-refractivity contribution is 5.73. The number of nitrogens with one attached hydrogen (secondary N) is 2. The van der Waals surface area contributed by atoms with Crippen molar-refractivity contribution in [3.05, 3.63) is 30.1 Å². The molecule has 0 bridgehead atoms. The molecule has 0 unspecified atom stereocenters.